The SMILES string of the molecule is C[C@H](c1cc2ccccc2o1)N(C)C(=O)c1cccc(S(=O)(=O)N2CCCCC2)c1. The first-order valence-electron chi connectivity index (χ1n) is 10.2. The molecule has 1 aromatic heterocycles. The fourth-order valence-corrected chi connectivity index (χ4v) is 5.39. The lowest BCUT2D eigenvalue weighted by molar-refractivity contribution is 0.0727. The lowest BCUT2D eigenvalue weighted by atomic mass is 10.1. The highest BCUT2D eigenvalue weighted by molar-refractivity contribution is 7.89. The molecule has 0 unspecified atom stereocenters. The molecule has 0 saturated carbocycles. The zero-order valence-corrected chi connectivity index (χ0v) is 18.1. The third-order valence-electron chi connectivity index (χ3n) is 5.79. The van der Waals surface area contributed by atoms with Crippen LogP contribution in [-0.2, 0) is 10.0 Å². The Bertz CT molecular complexity index is 1130. The molecule has 0 radical (unpaired) electrons. The minimum Gasteiger partial charge on any atom is -0.459 e. The van der Waals surface area contributed by atoms with E-state index in [0.717, 1.165) is 30.2 Å². The number of piperidine rings is 1. The number of nitrogens with zero attached hydrogens (tertiary/aromatic N) is 2. The quantitative estimate of drug-likeness (QED) is 0.605. The van der Waals surface area contributed by atoms with E-state index in [0.29, 0.717) is 24.4 Å². The number of carbonyl (C=O) groups excluding carboxylic acids is 1. The van der Waals surface area contributed by atoms with Gasteiger partial charge in [0.2, 0.25) is 10.0 Å². The van der Waals surface area contributed by atoms with Crippen molar-refractivity contribution in [2.45, 2.75) is 37.1 Å². The van der Waals surface area contributed by atoms with Gasteiger partial charge < -0.3 is 9.32 Å². The van der Waals surface area contributed by atoms with Gasteiger partial charge in [-0.25, -0.2) is 8.42 Å². The van der Waals surface area contributed by atoms with Crippen molar-refractivity contribution in [1.29, 1.82) is 0 Å². The summed E-state index contributed by atoms with van der Waals surface area (Å²) in [5, 5.41) is 0.981. The van der Waals surface area contributed by atoms with E-state index in [4.69, 9.17) is 4.42 Å². The molecule has 4 rings (SSSR count). The number of furan rings is 1. The molecule has 0 bridgehead atoms. The number of carbonyl (C=O) groups is 1. The molecule has 30 heavy (non-hydrogen) atoms. The van der Waals surface area contributed by atoms with Gasteiger partial charge in [-0.15, -0.1) is 0 Å². The molecule has 1 fully saturated rings. The molecule has 2 heterocycles. The molecule has 0 spiro atoms. The number of rotatable bonds is 5. The molecule has 1 saturated heterocycles. The van der Waals surface area contributed by atoms with Gasteiger partial charge in [0, 0.05) is 31.1 Å². The van der Waals surface area contributed by atoms with Gasteiger partial charge in [0.05, 0.1) is 10.9 Å². The molecule has 1 aliphatic rings. The molecule has 2 aromatic carbocycles. The van der Waals surface area contributed by atoms with Crippen molar-refractivity contribution < 1.29 is 17.6 Å². The Balaban J connectivity index is 1.57. The van der Waals surface area contributed by atoms with Crippen LogP contribution in [0.5, 0.6) is 0 Å². The summed E-state index contributed by atoms with van der Waals surface area (Å²) in [6.07, 6.45) is 2.79. The average Bonchev–Trinajstić information content (AvgIpc) is 3.22. The largest absolute Gasteiger partial charge is 0.459 e. The highest BCUT2D eigenvalue weighted by Crippen LogP contribution is 2.28. The van der Waals surface area contributed by atoms with Crippen molar-refractivity contribution in [3.63, 3.8) is 0 Å². The highest BCUT2D eigenvalue weighted by atomic mass is 32.2. The van der Waals surface area contributed by atoms with Gasteiger partial charge in [0.25, 0.3) is 5.91 Å². The van der Waals surface area contributed by atoms with Crippen LogP contribution in [0.1, 0.15) is 48.3 Å². The minimum absolute atomic E-state index is 0.167. The topological polar surface area (TPSA) is 70.8 Å². The van der Waals surface area contributed by atoms with E-state index in [-0.39, 0.29) is 16.8 Å². The Labute approximate surface area is 177 Å². The van der Waals surface area contributed by atoms with Crippen molar-refractivity contribution >= 4 is 26.9 Å². The van der Waals surface area contributed by atoms with Crippen molar-refractivity contribution in [3.05, 3.63) is 65.9 Å². The number of hydrogen-bond acceptors (Lipinski definition) is 4. The van der Waals surface area contributed by atoms with Crippen molar-refractivity contribution in [2.75, 3.05) is 20.1 Å². The molecular formula is C23H26N2O4S. The van der Waals surface area contributed by atoms with Gasteiger partial charge in [-0.05, 0) is 50.1 Å². The van der Waals surface area contributed by atoms with Gasteiger partial charge in [0.15, 0.2) is 0 Å². The molecule has 3 aromatic rings. The van der Waals surface area contributed by atoms with E-state index in [1.54, 1.807) is 30.1 Å². The fourth-order valence-electron chi connectivity index (χ4n) is 3.82. The van der Waals surface area contributed by atoms with E-state index in [9.17, 15) is 13.2 Å². The monoisotopic (exact) mass is 426 g/mol. The summed E-state index contributed by atoms with van der Waals surface area (Å²) in [7, 11) is -1.89. The van der Waals surface area contributed by atoms with Crippen LogP contribution in [0.4, 0.5) is 0 Å². The van der Waals surface area contributed by atoms with Crippen LogP contribution in [0, 0.1) is 0 Å². The summed E-state index contributed by atoms with van der Waals surface area (Å²) < 4.78 is 33.4. The van der Waals surface area contributed by atoms with Crippen LogP contribution < -0.4 is 0 Å². The van der Waals surface area contributed by atoms with Crippen LogP contribution in [0.25, 0.3) is 11.0 Å². The number of sulfonamides is 1. The Hall–Kier alpha value is -2.64. The maximum absolute atomic E-state index is 13.1. The average molecular weight is 427 g/mol. The van der Waals surface area contributed by atoms with Gasteiger partial charge in [-0.2, -0.15) is 4.31 Å². The molecule has 1 amide bonds. The maximum atomic E-state index is 13.1. The third-order valence-corrected chi connectivity index (χ3v) is 7.69. The van der Waals surface area contributed by atoms with Gasteiger partial charge >= 0.3 is 0 Å². The van der Waals surface area contributed by atoms with Crippen LogP contribution in [0.3, 0.4) is 0 Å². The zero-order valence-electron chi connectivity index (χ0n) is 17.2. The van der Waals surface area contributed by atoms with Crippen LogP contribution >= 0.6 is 0 Å². The van der Waals surface area contributed by atoms with E-state index in [2.05, 4.69) is 0 Å². The molecule has 7 heteroatoms. The highest BCUT2D eigenvalue weighted by Gasteiger charge is 2.28. The molecule has 1 aliphatic heterocycles. The first-order chi connectivity index (χ1) is 14.4. The van der Waals surface area contributed by atoms with Crippen molar-refractivity contribution in [1.82, 2.24) is 9.21 Å². The van der Waals surface area contributed by atoms with Gasteiger partial charge in [-0.1, -0.05) is 30.7 Å². The van der Waals surface area contributed by atoms with Crippen LogP contribution in [-0.4, -0.2) is 43.7 Å². The second-order valence-corrected chi connectivity index (χ2v) is 9.71. The summed E-state index contributed by atoms with van der Waals surface area (Å²) in [6, 6.07) is 15.7. The molecule has 1 atom stereocenters. The Morgan fingerprint density at radius 2 is 1.77 bits per heavy atom. The summed E-state index contributed by atoms with van der Waals surface area (Å²) in [6.45, 7) is 2.96. The molecule has 6 nitrogen and oxygen atoms in total. The number of fused-ring (bicyclic) bond motifs is 1. The van der Waals surface area contributed by atoms with Gasteiger partial charge in [-0.3, -0.25) is 4.79 Å². The smallest absolute Gasteiger partial charge is 0.254 e. The minimum atomic E-state index is -3.59. The van der Waals surface area contributed by atoms with Crippen LogP contribution in [0.15, 0.2) is 63.9 Å². The Kier molecular flexibility index (Phi) is 5.66. The predicted molar refractivity (Wildman–Crippen MR) is 116 cm³/mol. The van der Waals surface area contributed by atoms with Crippen molar-refractivity contribution in [2.24, 2.45) is 0 Å². The van der Waals surface area contributed by atoms with E-state index < -0.39 is 10.0 Å². The Morgan fingerprint density at radius 3 is 2.50 bits per heavy atom. The normalized spacial score (nSPS) is 16.5. The van der Waals surface area contributed by atoms with E-state index in [1.807, 2.05) is 37.3 Å². The number of para-hydroxylation sites is 1. The second kappa shape index (κ2) is 8.24. The molecule has 0 N–H and O–H groups in total. The Morgan fingerprint density at radius 1 is 1.03 bits per heavy atom. The predicted octanol–water partition coefficient (Wildman–Crippen LogP) is 4.44. The standard InChI is InChI=1S/C23H26N2O4S/c1-17(22-16-18-9-4-5-12-21(18)29-22)24(2)23(26)19-10-8-11-20(15-19)30(27,28)25-13-6-3-7-14-25/h4-5,8-12,15-17H,3,6-7,13-14H2,1-2H3/t17-/m1/s1. The number of hydrogen-bond donors (Lipinski definition) is 0. The first-order valence-corrected chi connectivity index (χ1v) is 11.7. The lowest BCUT2D eigenvalue weighted by Crippen LogP contribution is -2.35. The fraction of sp³-hybridized carbons (Fsp3) is 0.348. The first kappa shape index (κ1) is 20.6. The zero-order chi connectivity index (χ0) is 21.3. The number of benzene rings is 2. The van der Waals surface area contributed by atoms with Crippen molar-refractivity contribution in [3.8, 4) is 0 Å². The molecule has 0 aliphatic carbocycles. The summed E-state index contributed by atoms with van der Waals surface area (Å²) in [5.74, 6) is 0.433. The summed E-state index contributed by atoms with van der Waals surface area (Å²) >= 11 is 0. The molecule has 158 valence electrons. The van der Waals surface area contributed by atoms with Crippen LogP contribution in [0.2, 0.25) is 0 Å². The molecular weight excluding hydrogens is 400 g/mol. The summed E-state index contributed by atoms with van der Waals surface area (Å²) in [5.41, 5.74) is 1.12. The van der Waals surface area contributed by atoms with E-state index >= 15 is 0 Å². The number of amides is 1. The maximum Gasteiger partial charge on any atom is 0.254 e. The lowest BCUT2D eigenvalue weighted by Gasteiger charge is -2.26. The van der Waals surface area contributed by atoms with Gasteiger partial charge in [0.1, 0.15) is 11.3 Å². The third kappa shape index (κ3) is 3.87. The van der Waals surface area contributed by atoms with E-state index in [1.165, 1.54) is 10.4 Å². The summed E-state index contributed by atoms with van der Waals surface area (Å²) in [4.78, 5) is 14.8. The second-order valence-electron chi connectivity index (χ2n) is 7.77.